The summed E-state index contributed by atoms with van der Waals surface area (Å²) >= 11 is 5.93. The van der Waals surface area contributed by atoms with Gasteiger partial charge in [-0.15, -0.1) is 0 Å². The molecule has 31 heavy (non-hydrogen) atoms. The lowest BCUT2D eigenvalue weighted by atomic mass is 9.95. The predicted octanol–water partition coefficient (Wildman–Crippen LogP) is 2.41. The molecule has 3 saturated heterocycles. The Bertz CT molecular complexity index is 981. The lowest BCUT2D eigenvalue weighted by molar-refractivity contribution is -0.0123. The summed E-state index contributed by atoms with van der Waals surface area (Å²) in [5.41, 5.74) is -0.982. The molecule has 8 nitrogen and oxygen atoms in total. The molecule has 0 radical (unpaired) electrons. The fourth-order valence-corrected chi connectivity index (χ4v) is 5.29. The van der Waals surface area contributed by atoms with Crippen molar-refractivity contribution in [2.45, 2.75) is 43.7 Å². The molecule has 10 heteroatoms. The number of halogens is 2. The van der Waals surface area contributed by atoms with Crippen LogP contribution in [0.4, 0.5) is 10.2 Å². The van der Waals surface area contributed by atoms with Gasteiger partial charge in [-0.2, -0.15) is 9.97 Å². The van der Waals surface area contributed by atoms with Crippen LogP contribution in [0.25, 0.3) is 10.9 Å². The molecule has 3 aliphatic rings. The molecular formula is C21H27ClFN5O3. The van der Waals surface area contributed by atoms with Gasteiger partial charge in [-0.3, -0.25) is 4.90 Å². The number of anilines is 1. The highest BCUT2D eigenvalue weighted by Crippen LogP contribution is 2.39. The number of β-amino-alcohol motifs (C(OH)–C–C–N with tert-alkyl or cyclic N) is 1. The minimum Gasteiger partial charge on any atom is -0.461 e. The fraction of sp³-hybridized carbons (Fsp3) is 0.667. The molecule has 5 rings (SSSR count). The first-order chi connectivity index (χ1) is 14.9. The van der Waals surface area contributed by atoms with Crippen LogP contribution in [0.15, 0.2) is 6.20 Å². The van der Waals surface area contributed by atoms with E-state index >= 15 is 0 Å². The average Bonchev–Trinajstić information content (AvgIpc) is 3.26. The van der Waals surface area contributed by atoms with Crippen molar-refractivity contribution < 1.29 is 19.0 Å². The Morgan fingerprint density at radius 2 is 2.03 bits per heavy atom. The third-order valence-corrected chi connectivity index (χ3v) is 6.90. The number of aromatic nitrogens is 3. The third-order valence-electron chi connectivity index (χ3n) is 6.63. The molecule has 1 N–H and O–H groups in total. The first-order valence-corrected chi connectivity index (χ1v) is 11.2. The van der Waals surface area contributed by atoms with Gasteiger partial charge < -0.3 is 19.5 Å². The second-order valence-electron chi connectivity index (χ2n) is 9.13. The van der Waals surface area contributed by atoms with Crippen LogP contribution in [0.5, 0.6) is 6.01 Å². The van der Waals surface area contributed by atoms with E-state index in [1.54, 1.807) is 6.92 Å². The van der Waals surface area contributed by atoms with Gasteiger partial charge in [0, 0.05) is 12.7 Å². The van der Waals surface area contributed by atoms with E-state index in [2.05, 4.69) is 19.9 Å². The van der Waals surface area contributed by atoms with Crippen molar-refractivity contribution in [1.82, 2.24) is 19.9 Å². The second kappa shape index (κ2) is 7.95. The van der Waals surface area contributed by atoms with E-state index in [0.29, 0.717) is 31.0 Å². The Kier molecular flexibility index (Phi) is 5.40. The molecule has 0 saturated carbocycles. The van der Waals surface area contributed by atoms with Crippen LogP contribution >= 0.6 is 11.6 Å². The van der Waals surface area contributed by atoms with E-state index in [1.165, 1.54) is 6.20 Å². The van der Waals surface area contributed by atoms with Gasteiger partial charge in [0.15, 0.2) is 11.0 Å². The van der Waals surface area contributed by atoms with E-state index in [-0.39, 0.29) is 35.4 Å². The highest BCUT2D eigenvalue weighted by Gasteiger charge is 2.45. The van der Waals surface area contributed by atoms with Crippen molar-refractivity contribution in [2.24, 2.45) is 0 Å². The average molecular weight is 452 g/mol. The topological polar surface area (TPSA) is 83.8 Å². The van der Waals surface area contributed by atoms with E-state index in [4.69, 9.17) is 21.1 Å². The number of aliphatic hydroxyl groups is 1. The van der Waals surface area contributed by atoms with Crippen LogP contribution in [0.3, 0.4) is 0 Å². The smallest absolute Gasteiger partial charge is 0.319 e. The molecular weight excluding hydrogens is 425 g/mol. The van der Waals surface area contributed by atoms with Crippen molar-refractivity contribution in [1.29, 1.82) is 0 Å². The zero-order valence-electron chi connectivity index (χ0n) is 17.6. The van der Waals surface area contributed by atoms with E-state index < -0.39 is 11.4 Å². The lowest BCUT2D eigenvalue weighted by Crippen LogP contribution is -2.44. The number of ether oxygens (including phenoxy) is 2. The minimum atomic E-state index is -1.07. The van der Waals surface area contributed by atoms with Gasteiger partial charge in [0.05, 0.1) is 30.7 Å². The standard InChI is InChI=1S/C21H27ClFN5O3/c1-20(29)11-27(8-9-30-12-20)18-14-10-24-17(22)15(23)16(14)25-19(26-18)31-13-21-4-2-6-28(21)7-3-5-21/h10,29H,2-9,11-13H2,1H3. The van der Waals surface area contributed by atoms with Crippen LogP contribution in [-0.4, -0.2) is 82.1 Å². The van der Waals surface area contributed by atoms with Crippen molar-refractivity contribution in [3.63, 3.8) is 0 Å². The number of hydrogen-bond donors (Lipinski definition) is 1. The zero-order valence-corrected chi connectivity index (χ0v) is 18.4. The van der Waals surface area contributed by atoms with Gasteiger partial charge in [-0.1, -0.05) is 11.6 Å². The maximum absolute atomic E-state index is 14.9. The highest BCUT2D eigenvalue weighted by atomic mass is 35.5. The molecule has 3 aliphatic heterocycles. The van der Waals surface area contributed by atoms with Crippen LogP contribution in [0.2, 0.25) is 5.15 Å². The maximum Gasteiger partial charge on any atom is 0.319 e. The van der Waals surface area contributed by atoms with Crippen LogP contribution in [-0.2, 0) is 4.74 Å². The van der Waals surface area contributed by atoms with Gasteiger partial charge in [0.2, 0.25) is 0 Å². The summed E-state index contributed by atoms with van der Waals surface area (Å²) < 4.78 is 26.5. The van der Waals surface area contributed by atoms with Crippen LogP contribution in [0.1, 0.15) is 32.6 Å². The SMILES string of the molecule is CC1(O)COCCN(c2nc(OCC34CCCN3CCC4)nc3c(F)c(Cl)ncc23)C1. The molecule has 5 heterocycles. The highest BCUT2D eigenvalue weighted by molar-refractivity contribution is 6.30. The van der Waals surface area contributed by atoms with Crippen molar-refractivity contribution >= 4 is 28.3 Å². The number of fused-ring (bicyclic) bond motifs is 2. The summed E-state index contributed by atoms with van der Waals surface area (Å²) in [4.78, 5) is 17.3. The molecule has 1 unspecified atom stereocenters. The van der Waals surface area contributed by atoms with Crippen molar-refractivity contribution in [2.75, 3.05) is 50.9 Å². The van der Waals surface area contributed by atoms with Gasteiger partial charge >= 0.3 is 6.01 Å². The van der Waals surface area contributed by atoms with Crippen LogP contribution < -0.4 is 9.64 Å². The number of hydrogen-bond acceptors (Lipinski definition) is 8. The van der Waals surface area contributed by atoms with E-state index in [0.717, 1.165) is 38.8 Å². The Hall–Kier alpha value is -1.81. The van der Waals surface area contributed by atoms with E-state index in [9.17, 15) is 9.50 Å². The lowest BCUT2D eigenvalue weighted by Gasteiger charge is -2.32. The predicted molar refractivity (Wildman–Crippen MR) is 114 cm³/mol. The number of rotatable bonds is 4. The van der Waals surface area contributed by atoms with Gasteiger partial charge in [0.1, 0.15) is 23.5 Å². The molecule has 0 aliphatic carbocycles. The summed E-state index contributed by atoms with van der Waals surface area (Å²) in [6, 6.07) is 0.113. The van der Waals surface area contributed by atoms with Crippen molar-refractivity contribution in [3.8, 4) is 6.01 Å². The quantitative estimate of drug-likeness (QED) is 0.709. The molecule has 2 aromatic rings. The third kappa shape index (κ3) is 3.92. The summed E-state index contributed by atoms with van der Waals surface area (Å²) in [6.45, 7) is 5.75. The molecule has 0 spiro atoms. The number of nitrogens with zero attached hydrogens (tertiary/aromatic N) is 5. The van der Waals surface area contributed by atoms with Gasteiger partial charge in [0.25, 0.3) is 0 Å². The summed E-state index contributed by atoms with van der Waals surface area (Å²) in [6.07, 6.45) is 5.96. The maximum atomic E-state index is 14.9. The van der Waals surface area contributed by atoms with Crippen molar-refractivity contribution in [3.05, 3.63) is 17.2 Å². The first kappa shape index (κ1) is 21.1. The Morgan fingerprint density at radius 1 is 1.26 bits per heavy atom. The largest absolute Gasteiger partial charge is 0.461 e. The number of pyridine rings is 1. The Labute approximate surface area is 185 Å². The molecule has 168 valence electrons. The molecule has 1 atom stereocenters. The van der Waals surface area contributed by atoms with Gasteiger partial charge in [-0.05, 0) is 45.7 Å². The minimum absolute atomic E-state index is 0.0209. The zero-order chi connectivity index (χ0) is 21.6. The normalized spacial score (nSPS) is 26.3. The van der Waals surface area contributed by atoms with Crippen LogP contribution in [0, 0.1) is 5.82 Å². The molecule has 0 aromatic carbocycles. The Morgan fingerprint density at radius 3 is 2.81 bits per heavy atom. The van der Waals surface area contributed by atoms with Gasteiger partial charge in [-0.25, -0.2) is 9.37 Å². The fourth-order valence-electron chi connectivity index (χ4n) is 5.15. The molecule has 0 bridgehead atoms. The van der Waals surface area contributed by atoms with E-state index in [1.807, 2.05) is 4.90 Å². The monoisotopic (exact) mass is 451 g/mol. The molecule has 3 fully saturated rings. The summed E-state index contributed by atoms with van der Waals surface area (Å²) in [7, 11) is 0. The first-order valence-electron chi connectivity index (χ1n) is 10.8. The second-order valence-corrected chi connectivity index (χ2v) is 9.49. The Balaban J connectivity index is 1.52. The summed E-state index contributed by atoms with van der Waals surface area (Å²) in [5, 5.41) is 10.8. The molecule has 2 aromatic heterocycles. The molecule has 0 amide bonds. The summed E-state index contributed by atoms with van der Waals surface area (Å²) in [5.74, 6) is -0.243.